The van der Waals surface area contributed by atoms with E-state index in [1.165, 1.54) is 14.0 Å². The first-order valence-corrected chi connectivity index (χ1v) is 6.34. The average Bonchev–Trinajstić information content (AvgIpc) is 2.46. The maximum absolute atomic E-state index is 13.4. The van der Waals surface area contributed by atoms with E-state index in [4.69, 9.17) is 4.74 Å². The first-order chi connectivity index (χ1) is 9.95. The summed E-state index contributed by atoms with van der Waals surface area (Å²) >= 11 is 0. The van der Waals surface area contributed by atoms with Crippen molar-refractivity contribution in [2.45, 2.75) is 12.5 Å². The van der Waals surface area contributed by atoms with Gasteiger partial charge in [0.15, 0.2) is 5.54 Å². The summed E-state index contributed by atoms with van der Waals surface area (Å²) in [6.07, 6.45) is 0. The van der Waals surface area contributed by atoms with Crippen LogP contribution in [-0.4, -0.2) is 13.1 Å². The summed E-state index contributed by atoms with van der Waals surface area (Å²) in [4.78, 5) is 12.1. The van der Waals surface area contributed by atoms with Gasteiger partial charge in [0.2, 0.25) is 0 Å². The Labute approximate surface area is 121 Å². The van der Waals surface area contributed by atoms with Crippen molar-refractivity contribution in [3.63, 3.8) is 0 Å². The van der Waals surface area contributed by atoms with Crippen molar-refractivity contribution in [3.05, 3.63) is 65.7 Å². The lowest BCUT2D eigenvalue weighted by Gasteiger charge is -2.29. The van der Waals surface area contributed by atoms with Gasteiger partial charge in [0.1, 0.15) is 11.6 Å². The zero-order valence-corrected chi connectivity index (χ0v) is 11.7. The third kappa shape index (κ3) is 3.18. The molecule has 0 spiro atoms. The van der Waals surface area contributed by atoms with Gasteiger partial charge in [-0.1, -0.05) is 18.2 Å². The highest BCUT2D eigenvalue weighted by molar-refractivity contribution is 5.85. The number of para-hydroxylation sites is 1. The third-order valence-corrected chi connectivity index (χ3v) is 3.20. The molecule has 0 saturated carbocycles. The summed E-state index contributed by atoms with van der Waals surface area (Å²) in [5.41, 5.74) is -0.621. The molecule has 0 saturated heterocycles. The lowest BCUT2D eigenvalue weighted by atomic mass is 9.91. The number of ether oxygens (including phenoxy) is 1. The fourth-order valence-corrected chi connectivity index (χ4v) is 2.10. The summed E-state index contributed by atoms with van der Waals surface area (Å²) in [7, 11) is 1.23. The smallest absolute Gasteiger partial charge is 0.335 e. The Balaban J connectivity index is 2.48. The van der Waals surface area contributed by atoms with Crippen LogP contribution in [0.5, 0.6) is 0 Å². The zero-order valence-electron chi connectivity index (χ0n) is 11.7. The fraction of sp³-hybridized carbons (Fsp3) is 0.188. The van der Waals surface area contributed by atoms with Crippen LogP contribution in [0.15, 0.2) is 48.5 Å². The number of nitrogens with one attached hydrogen (secondary N) is 1. The maximum atomic E-state index is 13.4. The van der Waals surface area contributed by atoms with Crippen LogP contribution in [-0.2, 0) is 15.1 Å². The molecule has 0 amide bonds. The molecule has 3 nitrogen and oxygen atoms in total. The monoisotopic (exact) mass is 291 g/mol. The van der Waals surface area contributed by atoms with Crippen molar-refractivity contribution in [1.82, 2.24) is 0 Å². The summed E-state index contributed by atoms with van der Waals surface area (Å²) in [5, 5.41) is 2.97. The van der Waals surface area contributed by atoms with Crippen LogP contribution >= 0.6 is 0 Å². The number of methoxy groups -OCH3 is 1. The summed E-state index contributed by atoms with van der Waals surface area (Å²) in [6.45, 7) is 1.51. The molecule has 0 aliphatic heterocycles. The number of rotatable bonds is 4. The van der Waals surface area contributed by atoms with Crippen molar-refractivity contribution >= 4 is 11.7 Å². The first-order valence-electron chi connectivity index (χ1n) is 6.34. The highest BCUT2D eigenvalue weighted by Gasteiger charge is 2.37. The normalized spacial score (nSPS) is 13.3. The van der Waals surface area contributed by atoms with E-state index in [-0.39, 0.29) is 5.56 Å². The summed E-state index contributed by atoms with van der Waals surface area (Å²) in [5.74, 6) is -2.15. The number of halogens is 2. The second-order valence-electron chi connectivity index (χ2n) is 4.77. The standard InChI is InChI=1S/C16H15F2NO2/c1-16(15(20)21-2,19-14-6-4-3-5-7-14)11-8-12(17)10-13(18)9-11/h3-10,19H,1-2H3. The van der Waals surface area contributed by atoms with Gasteiger partial charge in [-0.25, -0.2) is 13.6 Å². The number of hydrogen-bond donors (Lipinski definition) is 1. The number of anilines is 1. The molecule has 0 heterocycles. The van der Waals surface area contributed by atoms with Gasteiger partial charge in [-0.15, -0.1) is 0 Å². The van der Waals surface area contributed by atoms with Crippen LogP contribution in [0.25, 0.3) is 0 Å². The molecule has 0 aliphatic rings. The van der Waals surface area contributed by atoms with E-state index >= 15 is 0 Å². The molecule has 1 unspecified atom stereocenters. The van der Waals surface area contributed by atoms with Gasteiger partial charge in [0, 0.05) is 11.8 Å². The molecule has 2 aromatic carbocycles. The quantitative estimate of drug-likeness (QED) is 0.877. The Kier molecular flexibility index (Phi) is 4.21. The molecule has 1 atom stereocenters. The minimum Gasteiger partial charge on any atom is -0.467 e. The van der Waals surface area contributed by atoms with E-state index in [1.807, 2.05) is 6.07 Å². The molecular formula is C16H15F2NO2. The largest absolute Gasteiger partial charge is 0.467 e. The van der Waals surface area contributed by atoms with E-state index in [1.54, 1.807) is 24.3 Å². The lowest BCUT2D eigenvalue weighted by Crippen LogP contribution is -2.41. The minimum absolute atomic E-state index is 0.149. The molecule has 1 N–H and O–H groups in total. The second-order valence-corrected chi connectivity index (χ2v) is 4.77. The van der Waals surface area contributed by atoms with Crippen molar-refractivity contribution in [2.24, 2.45) is 0 Å². The van der Waals surface area contributed by atoms with Crippen molar-refractivity contribution in [3.8, 4) is 0 Å². The highest BCUT2D eigenvalue weighted by Crippen LogP contribution is 2.28. The van der Waals surface area contributed by atoms with E-state index in [0.717, 1.165) is 18.2 Å². The summed E-state index contributed by atoms with van der Waals surface area (Å²) < 4.78 is 31.7. The molecule has 5 heteroatoms. The highest BCUT2D eigenvalue weighted by atomic mass is 19.1. The Morgan fingerprint density at radius 3 is 2.19 bits per heavy atom. The van der Waals surface area contributed by atoms with Gasteiger partial charge >= 0.3 is 5.97 Å². The molecule has 0 aromatic heterocycles. The fourth-order valence-electron chi connectivity index (χ4n) is 2.10. The van der Waals surface area contributed by atoms with E-state index in [9.17, 15) is 13.6 Å². The van der Waals surface area contributed by atoms with Crippen molar-refractivity contribution in [1.29, 1.82) is 0 Å². The van der Waals surface area contributed by atoms with Crippen LogP contribution in [0.2, 0.25) is 0 Å². The van der Waals surface area contributed by atoms with Gasteiger partial charge in [0.05, 0.1) is 7.11 Å². The van der Waals surface area contributed by atoms with Gasteiger partial charge in [-0.2, -0.15) is 0 Å². The lowest BCUT2D eigenvalue weighted by molar-refractivity contribution is -0.145. The Hall–Kier alpha value is -2.43. The van der Waals surface area contributed by atoms with Crippen molar-refractivity contribution < 1.29 is 18.3 Å². The molecule has 0 radical (unpaired) electrons. The molecule has 0 aliphatic carbocycles. The Bertz CT molecular complexity index is 626. The van der Waals surface area contributed by atoms with Gasteiger partial charge in [-0.05, 0) is 36.8 Å². The summed E-state index contributed by atoms with van der Waals surface area (Å²) in [6, 6.07) is 11.9. The number of carbonyl (C=O) groups excluding carboxylic acids is 1. The van der Waals surface area contributed by atoms with Crippen LogP contribution in [0, 0.1) is 11.6 Å². The topological polar surface area (TPSA) is 38.3 Å². The molecule has 2 rings (SSSR count). The number of carbonyl (C=O) groups is 1. The van der Waals surface area contributed by atoms with Gasteiger partial charge < -0.3 is 10.1 Å². The number of hydrogen-bond acceptors (Lipinski definition) is 3. The van der Waals surface area contributed by atoms with E-state index in [2.05, 4.69) is 5.32 Å². The van der Waals surface area contributed by atoms with E-state index in [0.29, 0.717) is 5.69 Å². The van der Waals surface area contributed by atoms with Crippen LogP contribution < -0.4 is 5.32 Å². The predicted octanol–water partition coefficient (Wildman–Crippen LogP) is 3.47. The average molecular weight is 291 g/mol. The molecule has 2 aromatic rings. The van der Waals surface area contributed by atoms with Crippen LogP contribution in [0.4, 0.5) is 14.5 Å². The predicted molar refractivity (Wildman–Crippen MR) is 75.8 cm³/mol. The number of benzene rings is 2. The van der Waals surface area contributed by atoms with Gasteiger partial charge in [0.25, 0.3) is 0 Å². The second kappa shape index (κ2) is 5.91. The molecular weight excluding hydrogens is 276 g/mol. The third-order valence-electron chi connectivity index (χ3n) is 3.20. The molecule has 110 valence electrons. The molecule has 21 heavy (non-hydrogen) atoms. The Morgan fingerprint density at radius 2 is 1.67 bits per heavy atom. The zero-order chi connectivity index (χ0) is 15.5. The van der Waals surface area contributed by atoms with Crippen LogP contribution in [0.3, 0.4) is 0 Å². The van der Waals surface area contributed by atoms with E-state index < -0.39 is 23.1 Å². The van der Waals surface area contributed by atoms with Crippen molar-refractivity contribution in [2.75, 3.05) is 12.4 Å². The SMILES string of the molecule is COC(=O)C(C)(Nc1ccccc1)c1cc(F)cc(F)c1. The minimum atomic E-state index is -1.40. The van der Waals surface area contributed by atoms with Crippen LogP contribution in [0.1, 0.15) is 12.5 Å². The Morgan fingerprint density at radius 1 is 1.10 bits per heavy atom. The first kappa shape index (κ1) is 15.0. The number of esters is 1. The molecule has 0 bridgehead atoms. The molecule has 0 fully saturated rings. The maximum Gasteiger partial charge on any atom is 0.335 e. The van der Waals surface area contributed by atoms with Gasteiger partial charge in [-0.3, -0.25) is 0 Å².